The number of halogens is 1. The summed E-state index contributed by atoms with van der Waals surface area (Å²) in [7, 11) is 1.83. The first kappa shape index (κ1) is 18.6. The summed E-state index contributed by atoms with van der Waals surface area (Å²) in [6.07, 6.45) is 1.11. The van der Waals surface area contributed by atoms with Crippen LogP contribution in [0.5, 0.6) is 11.5 Å². The number of anilines is 1. The van der Waals surface area contributed by atoms with Crippen molar-refractivity contribution in [3.63, 3.8) is 0 Å². The minimum absolute atomic E-state index is 0.168. The van der Waals surface area contributed by atoms with Crippen LogP contribution in [0.4, 0.5) is 5.82 Å². The van der Waals surface area contributed by atoms with Crippen LogP contribution in [0.3, 0.4) is 0 Å². The molecule has 0 saturated carbocycles. The number of amides is 1. The lowest BCUT2D eigenvalue weighted by Gasteiger charge is -2.25. The van der Waals surface area contributed by atoms with Gasteiger partial charge < -0.3 is 19.4 Å². The monoisotopic (exact) mass is 417 g/mol. The van der Waals surface area contributed by atoms with E-state index in [1.165, 1.54) is 18.0 Å². The normalized spacial score (nSPS) is 15.3. The van der Waals surface area contributed by atoms with Gasteiger partial charge in [-0.05, 0) is 24.3 Å². The Morgan fingerprint density at radius 2 is 2.11 bits per heavy atom. The van der Waals surface area contributed by atoms with Gasteiger partial charge in [0.2, 0.25) is 5.91 Å². The second kappa shape index (κ2) is 8.07. The predicted octanol–water partition coefficient (Wildman–Crippen LogP) is 3.11. The standard InChI is InChI=1S/C18H16ClN5O3S/c1-24-17(14-9-26-12-4-2-3-5-13(12)27-14)22-23-18(24)28-10-16(25)21-15-7-6-11(19)8-20-15/h2-8,14H,9-10H2,1H3,(H,20,21,25)/t14-/m0/s1. The molecule has 1 N–H and O–H groups in total. The van der Waals surface area contributed by atoms with Crippen LogP contribution in [0, 0.1) is 0 Å². The number of aromatic nitrogens is 4. The highest BCUT2D eigenvalue weighted by Crippen LogP contribution is 2.35. The summed E-state index contributed by atoms with van der Waals surface area (Å²) in [6, 6.07) is 10.8. The third-order valence-electron chi connectivity index (χ3n) is 3.99. The van der Waals surface area contributed by atoms with Gasteiger partial charge >= 0.3 is 0 Å². The maximum Gasteiger partial charge on any atom is 0.236 e. The average Bonchev–Trinajstić information content (AvgIpc) is 3.08. The van der Waals surface area contributed by atoms with Crippen molar-refractivity contribution >= 4 is 35.1 Å². The Kier molecular flexibility index (Phi) is 5.36. The number of pyridine rings is 1. The molecule has 0 fully saturated rings. The van der Waals surface area contributed by atoms with Crippen molar-refractivity contribution in [2.75, 3.05) is 17.7 Å². The summed E-state index contributed by atoms with van der Waals surface area (Å²) in [6.45, 7) is 0.344. The van der Waals surface area contributed by atoms with E-state index in [1.54, 1.807) is 16.7 Å². The van der Waals surface area contributed by atoms with Gasteiger partial charge in [0.15, 0.2) is 28.6 Å². The molecule has 144 valence electrons. The fourth-order valence-corrected chi connectivity index (χ4v) is 3.47. The molecule has 3 aromatic rings. The van der Waals surface area contributed by atoms with Crippen molar-refractivity contribution in [2.24, 2.45) is 7.05 Å². The van der Waals surface area contributed by atoms with E-state index < -0.39 is 0 Å². The Bertz CT molecular complexity index is 995. The number of ether oxygens (including phenoxy) is 2. The molecule has 4 rings (SSSR count). The van der Waals surface area contributed by atoms with Crippen molar-refractivity contribution in [1.82, 2.24) is 19.7 Å². The lowest BCUT2D eigenvalue weighted by molar-refractivity contribution is -0.113. The summed E-state index contributed by atoms with van der Waals surface area (Å²) in [5.74, 6) is 2.43. The molecule has 1 atom stereocenters. The number of nitrogens with zero attached hydrogens (tertiary/aromatic N) is 4. The van der Waals surface area contributed by atoms with Crippen LogP contribution in [-0.2, 0) is 11.8 Å². The van der Waals surface area contributed by atoms with Gasteiger partial charge in [0.25, 0.3) is 0 Å². The van der Waals surface area contributed by atoms with Gasteiger partial charge in [-0.2, -0.15) is 0 Å². The number of carbonyl (C=O) groups is 1. The molecule has 1 aliphatic heterocycles. The number of hydrogen-bond donors (Lipinski definition) is 1. The summed E-state index contributed by atoms with van der Waals surface area (Å²) >= 11 is 7.06. The lowest BCUT2D eigenvalue weighted by Crippen LogP contribution is -2.24. The Morgan fingerprint density at radius 3 is 2.89 bits per heavy atom. The van der Waals surface area contributed by atoms with Crippen LogP contribution in [0.1, 0.15) is 11.9 Å². The molecule has 28 heavy (non-hydrogen) atoms. The van der Waals surface area contributed by atoms with Crippen molar-refractivity contribution in [3.8, 4) is 11.5 Å². The SMILES string of the molecule is Cn1c(SCC(=O)Nc2ccc(Cl)cn2)nnc1[C@@H]1COc2ccccc2O1. The van der Waals surface area contributed by atoms with Crippen molar-refractivity contribution in [2.45, 2.75) is 11.3 Å². The van der Waals surface area contributed by atoms with Crippen molar-refractivity contribution < 1.29 is 14.3 Å². The van der Waals surface area contributed by atoms with Crippen LogP contribution in [-0.4, -0.2) is 38.0 Å². The zero-order valence-corrected chi connectivity index (χ0v) is 16.4. The van der Waals surface area contributed by atoms with Gasteiger partial charge in [-0.25, -0.2) is 4.98 Å². The molecule has 8 nitrogen and oxygen atoms in total. The van der Waals surface area contributed by atoms with Gasteiger partial charge in [0, 0.05) is 13.2 Å². The number of carbonyl (C=O) groups excluding carboxylic acids is 1. The minimum Gasteiger partial charge on any atom is -0.485 e. The molecule has 0 spiro atoms. The minimum atomic E-state index is -0.367. The number of nitrogens with one attached hydrogen (secondary N) is 1. The molecule has 10 heteroatoms. The largest absolute Gasteiger partial charge is 0.485 e. The second-order valence-electron chi connectivity index (χ2n) is 5.96. The Morgan fingerprint density at radius 1 is 1.29 bits per heavy atom. The van der Waals surface area contributed by atoms with E-state index in [1.807, 2.05) is 31.3 Å². The number of rotatable bonds is 5. The summed E-state index contributed by atoms with van der Waals surface area (Å²) in [5, 5.41) is 12.2. The predicted molar refractivity (Wildman–Crippen MR) is 105 cm³/mol. The molecule has 0 radical (unpaired) electrons. The average molecular weight is 418 g/mol. The fourth-order valence-electron chi connectivity index (χ4n) is 2.64. The van der Waals surface area contributed by atoms with Crippen LogP contribution in [0.15, 0.2) is 47.8 Å². The van der Waals surface area contributed by atoms with E-state index in [0.29, 0.717) is 39.9 Å². The topological polar surface area (TPSA) is 91.2 Å². The Labute approximate surface area is 170 Å². The zero-order chi connectivity index (χ0) is 19.5. The third kappa shape index (κ3) is 4.05. The molecule has 0 saturated heterocycles. The first-order valence-corrected chi connectivity index (χ1v) is 9.78. The van der Waals surface area contributed by atoms with E-state index >= 15 is 0 Å². The molecular formula is C18H16ClN5O3S. The highest BCUT2D eigenvalue weighted by molar-refractivity contribution is 7.99. The maximum absolute atomic E-state index is 12.1. The van der Waals surface area contributed by atoms with E-state index in [9.17, 15) is 4.79 Å². The van der Waals surface area contributed by atoms with E-state index in [0.717, 1.165) is 0 Å². The van der Waals surface area contributed by atoms with Gasteiger partial charge in [-0.1, -0.05) is 35.5 Å². The number of para-hydroxylation sites is 2. The maximum atomic E-state index is 12.1. The number of benzene rings is 1. The Hall–Kier alpha value is -2.78. The quantitative estimate of drug-likeness (QED) is 0.637. The molecule has 0 bridgehead atoms. The number of fused-ring (bicyclic) bond motifs is 1. The first-order chi connectivity index (χ1) is 13.6. The molecule has 1 aromatic carbocycles. The molecule has 1 aliphatic rings. The van der Waals surface area contributed by atoms with Gasteiger partial charge in [0.05, 0.1) is 10.8 Å². The van der Waals surface area contributed by atoms with Gasteiger partial charge in [-0.15, -0.1) is 10.2 Å². The molecule has 0 aliphatic carbocycles. The van der Waals surface area contributed by atoms with Crippen molar-refractivity contribution in [1.29, 1.82) is 0 Å². The zero-order valence-electron chi connectivity index (χ0n) is 14.8. The fraction of sp³-hybridized carbons (Fsp3) is 0.222. The molecule has 3 heterocycles. The van der Waals surface area contributed by atoms with E-state index in [4.69, 9.17) is 21.1 Å². The van der Waals surface area contributed by atoms with Crippen LogP contribution in [0.25, 0.3) is 0 Å². The summed E-state index contributed by atoms with van der Waals surface area (Å²) in [5.41, 5.74) is 0. The molecule has 1 amide bonds. The van der Waals surface area contributed by atoms with E-state index in [2.05, 4.69) is 20.5 Å². The van der Waals surface area contributed by atoms with Crippen molar-refractivity contribution in [3.05, 3.63) is 53.4 Å². The highest BCUT2D eigenvalue weighted by Gasteiger charge is 2.27. The summed E-state index contributed by atoms with van der Waals surface area (Å²) < 4.78 is 13.5. The first-order valence-electron chi connectivity index (χ1n) is 8.42. The van der Waals surface area contributed by atoms with E-state index in [-0.39, 0.29) is 17.8 Å². The van der Waals surface area contributed by atoms with Gasteiger partial charge in [0.1, 0.15) is 12.4 Å². The van der Waals surface area contributed by atoms with Crippen LogP contribution in [0.2, 0.25) is 5.02 Å². The lowest BCUT2D eigenvalue weighted by atomic mass is 10.2. The smallest absolute Gasteiger partial charge is 0.236 e. The summed E-state index contributed by atoms with van der Waals surface area (Å²) in [4.78, 5) is 16.2. The molecule has 2 aromatic heterocycles. The number of hydrogen-bond acceptors (Lipinski definition) is 7. The molecular weight excluding hydrogens is 402 g/mol. The highest BCUT2D eigenvalue weighted by atomic mass is 35.5. The second-order valence-corrected chi connectivity index (χ2v) is 7.34. The molecule has 0 unspecified atom stereocenters. The number of thioether (sulfide) groups is 1. The van der Waals surface area contributed by atoms with Crippen LogP contribution >= 0.6 is 23.4 Å². The third-order valence-corrected chi connectivity index (χ3v) is 5.24. The van der Waals surface area contributed by atoms with Crippen LogP contribution < -0.4 is 14.8 Å². The Balaban J connectivity index is 1.37. The van der Waals surface area contributed by atoms with Gasteiger partial charge in [-0.3, -0.25) is 4.79 Å².